The first-order valence-electron chi connectivity index (χ1n) is 2.79. The van der Waals surface area contributed by atoms with E-state index in [9.17, 15) is 0 Å². The number of nitrogens with two attached hydrogens (primary N) is 1. The van der Waals surface area contributed by atoms with Gasteiger partial charge >= 0.3 is 25.2 Å². The van der Waals surface area contributed by atoms with Crippen molar-refractivity contribution in [1.29, 1.82) is 0 Å². The van der Waals surface area contributed by atoms with E-state index in [0.717, 1.165) is 0 Å². The molecular weight excluding hydrogens is 197 g/mol. The zero-order valence-electron chi connectivity index (χ0n) is 5.35. The Balaban J connectivity index is 0.000000371. The van der Waals surface area contributed by atoms with Crippen LogP contribution in [-0.4, -0.2) is 0 Å². The van der Waals surface area contributed by atoms with Crippen LogP contribution in [-0.2, 0) is 21.6 Å². The first-order chi connectivity index (χ1) is 4.93. The summed E-state index contributed by atoms with van der Waals surface area (Å²) >= 11 is 3.66. The van der Waals surface area contributed by atoms with Gasteiger partial charge in [0.25, 0.3) is 0 Å². The molecule has 0 bridgehead atoms. The maximum atomic E-state index is 5.35. The van der Waals surface area contributed by atoms with E-state index in [4.69, 9.17) is 5.73 Å². The van der Waals surface area contributed by atoms with E-state index in [-0.39, 0.29) is 0 Å². The van der Waals surface area contributed by atoms with Crippen molar-refractivity contribution < 1.29 is 15.1 Å². The normalized spacial score (nSPS) is 8.00. The number of halogens is 1. The van der Waals surface area contributed by atoms with Crippen molar-refractivity contribution in [3.8, 4) is 0 Å². The van der Waals surface area contributed by atoms with Crippen molar-refractivity contribution in [2.75, 3.05) is 0 Å². The number of hydrogen-bond donors (Lipinski definition) is 1. The molecule has 0 fully saturated rings. The summed E-state index contributed by atoms with van der Waals surface area (Å²) < 4.78 is 0. The Hall–Kier alpha value is -0.0105. The average Bonchev–Trinajstić information content (AvgIpc) is 2.10. The third-order valence-electron chi connectivity index (χ3n) is 1.08. The van der Waals surface area contributed by atoms with E-state index in [1.165, 1.54) is 5.56 Å². The van der Waals surface area contributed by atoms with Gasteiger partial charge in [-0.15, -0.1) is 0 Å². The van der Waals surface area contributed by atoms with Crippen LogP contribution in [0.15, 0.2) is 30.3 Å². The molecule has 0 aromatic heterocycles. The molecule has 1 nitrogen and oxygen atoms in total. The van der Waals surface area contributed by atoms with Crippen LogP contribution < -0.4 is 5.73 Å². The van der Waals surface area contributed by atoms with E-state index in [1.807, 2.05) is 30.3 Å². The van der Waals surface area contributed by atoms with E-state index < -0.39 is 0 Å². The molecule has 0 unspecified atom stereocenters. The molecule has 0 saturated carbocycles. The fraction of sp³-hybridized carbons (Fsp3) is 0.143. The molecule has 0 aliphatic carbocycles. The Labute approximate surface area is 73.6 Å². The summed E-state index contributed by atoms with van der Waals surface area (Å²) in [6, 6.07) is 9.99. The molecule has 0 radical (unpaired) electrons. The van der Waals surface area contributed by atoms with Crippen molar-refractivity contribution in [3.05, 3.63) is 35.9 Å². The Bertz CT molecular complexity index is 155. The molecule has 1 aromatic carbocycles. The molecule has 0 amide bonds. The number of benzene rings is 1. The summed E-state index contributed by atoms with van der Waals surface area (Å²) in [6.07, 6.45) is 0. The zero-order chi connectivity index (χ0) is 7.82. The van der Waals surface area contributed by atoms with Crippen LogP contribution in [0.4, 0.5) is 0 Å². The van der Waals surface area contributed by atoms with Crippen LogP contribution in [0.2, 0.25) is 0 Å². The second-order valence-corrected chi connectivity index (χ2v) is 1.69. The van der Waals surface area contributed by atoms with Crippen LogP contribution in [0.1, 0.15) is 5.56 Å². The van der Waals surface area contributed by atoms with Gasteiger partial charge in [0.2, 0.25) is 0 Å². The summed E-state index contributed by atoms with van der Waals surface area (Å²) in [5.74, 6) is 0. The van der Waals surface area contributed by atoms with Gasteiger partial charge in [-0.2, -0.15) is 0 Å². The van der Waals surface area contributed by atoms with Crippen molar-refractivity contribution in [3.63, 3.8) is 0 Å². The van der Waals surface area contributed by atoms with Gasteiger partial charge in [0.05, 0.1) is 0 Å². The SMILES string of the molecule is NCc1ccccc1.[Cl][Cu+]. The van der Waals surface area contributed by atoms with Gasteiger partial charge in [0, 0.05) is 6.54 Å². The molecule has 0 spiro atoms. The Morgan fingerprint density at radius 2 is 1.70 bits per heavy atom. The van der Waals surface area contributed by atoms with Gasteiger partial charge < -0.3 is 5.73 Å². The summed E-state index contributed by atoms with van der Waals surface area (Å²) in [5.41, 5.74) is 6.54. The zero-order valence-corrected chi connectivity index (χ0v) is 7.05. The van der Waals surface area contributed by atoms with Crippen LogP contribution in [0.25, 0.3) is 0 Å². The minimum atomic E-state index is 0.640. The summed E-state index contributed by atoms with van der Waals surface area (Å²) in [6.45, 7) is 0.640. The quantitative estimate of drug-likeness (QED) is 0.697. The van der Waals surface area contributed by atoms with Gasteiger partial charge in [-0.3, -0.25) is 0 Å². The van der Waals surface area contributed by atoms with Crippen LogP contribution in [0.5, 0.6) is 0 Å². The first-order valence-corrected chi connectivity index (χ1v) is 4.08. The summed E-state index contributed by atoms with van der Waals surface area (Å²) in [4.78, 5) is 0. The topological polar surface area (TPSA) is 26.0 Å². The summed E-state index contributed by atoms with van der Waals surface area (Å²) in [5, 5.41) is 0. The van der Waals surface area contributed by atoms with Crippen molar-refractivity contribution >= 4 is 10.1 Å². The van der Waals surface area contributed by atoms with Gasteiger partial charge in [0.1, 0.15) is 0 Å². The molecule has 2 N–H and O–H groups in total. The minimum absolute atomic E-state index is 0.640. The van der Waals surface area contributed by atoms with Crippen molar-refractivity contribution in [2.24, 2.45) is 5.73 Å². The standard InChI is InChI=1S/C7H9N.ClH.Cu/c8-6-7-4-2-1-3-5-7;;/h1-5H,6,8H2;1H;/q;;+2/p-1. The molecule has 1 aromatic rings. The fourth-order valence-electron chi connectivity index (χ4n) is 0.614. The summed E-state index contributed by atoms with van der Waals surface area (Å²) in [7, 11) is 4.20. The molecule has 0 saturated heterocycles. The van der Waals surface area contributed by atoms with Gasteiger partial charge in [-0.25, -0.2) is 0 Å². The number of rotatable bonds is 1. The second kappa shape index (κ2) is 7.10. The molecule has 0 heterocycles. The Morgan fingerprint density at radius 3 is 2.00 bits per heavy atom. The molecule has 3 heteroatoms. The third-order valence-corrected chi connectivity index (χ3v) is 1.08. The van der Waals surface area contributed by atoms with Gasteiger partial charge in [-0.05, 0) is 5.56 Å². The Kier molecular flexibility index (Phi) is 7.09. The average molecular weight is 206 g/mol. The molecular formula is C7H9ClCuN+. The van der Waals surface area contributed by atoms with Crippen molar-refractivity contribution in [2.45, 2.75) is 6.54 Å². The van der Waals surface area contributed by atoms with Gasteiger partial charge in [0.15, 0.2) is 0 Å². The van der Waals surface area contributed by atoms with Gasteiger partial charge in [-0.1, -0.05) is 30.3 Å². The molecule has 1 rings (SSSR count). The van der Waals surface area contributed by atoms with E-state index >= 15 is 0 Å². The van der Waals surface area contributed by atoms with Crippen molar-refractivity contribution in [1.82, 2.24) is 0 Å². The van der Waals surface area contributed by atoms with Crippen LogP contribution >= 0.6 is 10.1 Å². The Morgan fingerprint density at radius 1 is 1.20 bits per heavy atom. The van der Waals surface area contributed by atoms with E-state index in [2.05, 4.69) is 25.2 Å². The molecule has 0 aliphatic rings. The first kappa shape index (κ1) is 9.99. The predicted octanol–water partition coefficient (Wildman–Crippen LogP) is 1.83. The second-order valence-electron chi connectivity index (χ2n) is 1.69. The molecule has 10 heavy (non-hydrogen) atoms. The molecule has 0 atom stereocenters. The molecule has 59 valence electrons. The van der Waals surface area contributed by atoms with Crippen LogP contribution in [0, 0.1) is 0 Å². The van der Waals surface area contributed by atoms with E-state index in [0.29, 0.717) is 6.54 Å². The maximum absolute atomic E-state index is 5.35. The third kappa shape index (κ3) is 3.91. The van der Waals surface area contributed by atoms with Crippen LogP contribution in [0.3, 0.4) is 0 Å². The predicted molar refractivity (Wildman–Crippen MR) is 40.2 cm³/mol. The monoisotopic (exact) mass is 205 g/mol. The number of hydrogen-bond acceptors (Lipinski definition) is 1. The van der Waals surface area contributed by atoms with E-state index in [1.54, 1.807) is 0 Å². The molecule has 0 aliphatic heterocycles. The fourth-order valence-corrected chi connectivity index (χ4v) is 0.614.